The summed E-state index contributed by atoms with van der Waals surface area (Å²) >= 11 is 1.51. The van der Waals surface area contributed by atoms with Gasteiger partial charge in [-0.15, -0.1) is 11.3 Å². The molecule has 5 rings (SSSR count). The molecule has 0 radical (unpaired) electrons. The monoisotopic (exact) mass is 478 g/mol. The average Bonchev–Trinajstić information content (AvgIpc) is 3.60. The Kier molecular flexibility index (Phi) is 6.32. The van der Waals surface area contributed by atoms with Crippen molar-refractivity contribution in [1.29, 1.82) is 0 Å². The maximum absolute atomic E-state index is 12.6. The molecule has 3 aliphatic rings. The van der Waals surface area contributed by atoms with E-state index in [4.69, 9.17) is 0 Å². The first-order valence-electron chi connectivity index (χ1n) is 11.2. The Morgan fingerprint density at radius 2 is 1.85 bits per heavy atom. The topological polar surface area (TPSA) is 105 Å². The lowest BCUT2D eigenvalue weighted by atomic mass is 10.0. The van der Waals surface area contributed by atoms with Crippen molar-refractivity contribution in [3.8, 4) is 0 Å². The van der Waals surface area contributed by atoms with E-state index in [1.807, 2.05) is 54.2 Å². The highest BCUT2D eigenvalue weighted by atomic mass is 32.1. The van der Waals surface area contributed by atoms with Crippen molar-refractivity contribution in [1.82, 2.24) is 15.1 Å². The number of carbonyl (C=O) groups is 2. The molecule has 1 aliphatic carbocycles. The fraction of sp³-hybridized carbons (Fsp3) is 0.320. The first-order chi connectivity index (χ1) is 16.5. The van der Waals surface area contributed by atoms with Crippen LogP contribution in [0.5, 0.6) is 0 Å². The predicted molar refractivity (Wildman–Crippen MR) is 129 cm³/mol. The van der Waals surface area contributed by atoms with Crippen molar-refractivity contribution >= 4 is 29.5 Å². The van der Waals surface area contributed by atoms with Crippen LogP contribution in [-0.2, 0) is 35.8 Å². The van der Waals surface area contributed by atoms with Gasteiger partial charge < -0.3 is 25.3 Å². The zero-order chi connectivity index (χ0) is 23.7. The maximum atomic E-state index is 12.6. The third kappa shape index (κ3) is 4.54. The fourth-order valence-corrected chi connectivity index (χ4v) is 5.28. The van der Waals surface area contributed by atoms with E-state index in [9.17, 15) is 19.8 Å². The number of nitrogens with one attached hydrogen (secondary N) is 1. The number of aliphatic hydroxyl groups excluding tert-OH is 2. The van der Waals surface area contributed by atoms with E-state index in [1.54, 1.807) is 0 Å². The van der Waals surface area contributed by atoms with Crippen LogP contribution in [0.3, 0.4) is 0 Å². The van der Waals surface area contributed by atoms with E-state index in [0.29, 0.717) is 19.6 Å². The second kappa shape index (κ2) is 9.54. The normalized spacial score (nSPS) is 21.9. The van der Waals surface area contributed by atoms with Gasteiger partial charge in [0, 0.05) is 24.5 Å². The molecular weight excluding hydrogens is 452 g/mol. The standard InChI is InChI=1S/C25H26N4O4S/c30-22(23(31)25(33)28-12-17-5-1-2-6-18(17)13-28)24(32)26-10-19-9-16(14-34-19)11-29-15-27-20-7-3-4-8-21(20)29/h1-9,14-15,20-23,30-31H,10-13H2,(H,26,32)/t20?,21?,22-,23-/m1/s1. The Morgan fingerprint density at radius 3 is 2.62 bits per heavy atom. The van der Waals surface area contributed by atoms with E-state index >= 15 is 0 Å². The highest BCUT2D eigenvalue weighted by Gasteiger charge is 2.35. The van der Waals surface area contributed by atoms with Gasteiger partial charge in [-0.25, -0.2) is 0 Å². The second-order valence-corrected chi connectivity index (χ2v) is 9.68. The molecule has 0 spiro atoms. The van der Waals surface area contributed by atoms with Crippen molar-refractivity contribution in [3.63, 3.8) is 0 Å². The van der Waals surface area contributed by atoms with E-state index in [-0.39, 0.29) is 18.6 Å². The van der Waals surface area contributed by atoms with Gasteiger partial charge in [-0.1, -0.05) is 48.6 Å². The van der Waals surface area contributed by atoms with E-state index < -0.39 is 24.0 Å². The summed E-state index contributed by atoms with van der Waals surface area (Å²) in [5, 5.41) is 25.3. The summed E-state index contributed by atoms with van der Waals surface area (Å²) in [6.45, 7) is 1.63. The van der Waals surface area contributed by atoms with Gasteiger partial charge in [-0.05, 0) is 28.1 Å². The van der Waals surface area contributed by atoms with Crippen molar-refractivity contribution in [2.45, 2.75) is 50.5 Å². The number of rotatable bonds is 7. The lowest BCUT2D eigenvalue weighted by Gasteiger charge is -2.25. The van der Waals surface area contributed by atoms with Crippen molar-refractivity contribution in [2.24, 2.45) is 4.99 Å². The summed E-state index contributed by atoms with van der Waals surface area (Å²) in [6, 6.07) is 10.0. The molecule has 2 amide bonds. The zero-order valence-electron chi connectivity index (χ0n) is 18.4. The van der Waals surface area contributed by atoms with Gasteiger partial charge in [0.05, 0.1) is 25.0 Å². The quantitative estimate of drug-likeness (QED) is 0.557. The number of benzene rings is 1. The van der Waals surface area contributed by atoms with Crippen LogP contribution in [0, 0.1) is 0 Å². The smallest absolute Gasteiger partial charge is 0.255 e. The molecule has 34 heavy (non-hydrogen) atoms. The number of nitrogens with zero attached hydrogens (tertiary/aromatic N) is 3. The van der Waals surface area contributed by atoms with Crippen LogP contribution in [0.1, 0.15) is 21.6 Å². The molecule has 9 heteroatoms. The van der Waals surface area contributed by atoms with E-state index in [1.165, 1.54) is 16.2 Å². The van der Waals surface area contributed by atoms with Crippen LogP contribution in [0.2, 0.25) is 0 Å². The molecule has 8 nitrogen and oxygen atoms in total. The van der Waals surface area contributed by atoms with Crippen LogP contribution in [-0.4, -0.2) is 62.5 Å². The first-order valence-corrected chi connectivity index (χ1v) is 12.1. The number of aliphatic hydroxyl groups is 2. The summed E-state index contributed by atoms with van der Waals surface area (Å²) in [7, 11) is 0. The molecule has 0 saturated carbocycles. The van der Waals surface area contributed by atoms with Gasteiger partial charge in [-0.2, -0.15) is 0 Å². The number of hydrogen-bond acceptors (Lipinski definition) is 7. The number of fused-ring (bicyclic) bond motifs is 2. The zero-order valence-corrected chi connectivity index (χ0v) is 19.3. The Labute approximate surface area is 201 Å². The molecule has 176 valence electrons. The average molecular weight is 479 g/mol. The summed E-state index contributed by atoms with van der Waals surface area (Å²) in [4.78, 5) is 34.1. The lowest BCUT2D eigenvalue weighted by Crippen LogP contribution is -2.49. The van der Waals surface area contributed by atoms with Crippen LogP contribution in [0.25, 0.3) is 0 Å². The van der Waals surface area contributed by atoms with E-state index in [2.05, 4.69) is 27.4 Å². The first kappa shape index (κ1) is 22.5. The third-order valence-corrected chi connectivity index (χ3v) is 7.32. The van der Waals surface area contributed by atoms with Gasteiger partial charge in [0.15, 0.2) is 12.2 Å². The molecule has 4 atom stereocenters. The van der Waals surface area contributed by atoms with Gasteiger partial charge in [0.25, 0.3) is 11.8 Å². The Bertz CT molecular complexity index is 1150. The Hall–Kier alpha value is -3.27. The Balaban J connectivity index is 1.11. The number of thiophene rings is 1. The lowest BCUT2D eigenvalue weighted by molar-refractivity contribution is -0.153. The minimum absolute atomic E-state index is 0.160. The second-order valence-electron chi connectivity index (χ2n) is 8.68. The fourth-order valence-electron chi connectivity index (χ4n) is 4.46. The van der Waals surface area contributed by atoms with Gasteiger partial charge >= 0.3 is 0 Å². The summed E-state index contributed by atoms with van der Waals surface area (Å²) < 4.78 is 0. The number of hydrogen-bond donors (Lipinski definition) is 3. The number of carbonyl (C=O) groups excluding carboxylic acids is 2. The van der Waals surface area contributed by atoms with Gasteiger partial charge in [0.1, 0.15) is 0 Å². The van der Waals surface area contributed by atoms with Crippen molar-refractivity contribution in [2.75, 3.05) is 0 Å². The van der Waals surface area contributed by atoms with Gasteiger partial charge in [-0.3, -0.25) is 14.6 Å². The molecular formula is C25H26N4O4S. The maximum Gasteiger partial charge on any atom is 0.255 e. The van der Waals surface area contributed by atoms with Crippen LogP contribution in [0.4, 0.5) is 0 Å². The highest BCUT2D eigenvalue weighted by molar-refractivity contribution is 7.10. The SMILES string of the molecule is O=C(NCc1cc(CN2C=NC3C=CC=CC32)cs1)[C@H](O)[C@@H](O)C(=O)N1Cc2ccccc2C1. The Morgan fingerprint density at radius 1 is 1.12 bits per heavy atom. The number of allylic oxidation sites excluding steroid dienone is 2. The summed E-state index contributed by atoms with van der Waals surface area (Å²) in [5.74, 6) is -1.43. The third-order valence-electron chi connectivity index (χ3n) is 6.33. The van der Waals surface area contributed by atoms with Crippen LogP contribution in [0.15, 0.2) is 65.0 Å². The van der Waals surface area contributed by atoms with Crippen molar-refractivity contribution in [3.05, 3.63) is 81.6 Å². The molecule has 1 aromatic carbocycles. The van der Waals surface area contributed by atoms with Crippen molar-refractivity contribution < 1.29 is 19.8 Å². The molecule has 0 bridgehead atoms. The highest BCUT2D eigenvalue weighted by Crippen LogP contribution is 2.25. The summed E-state index contributed by atoms with van der Waals surface area (Å²) in [5.41, 5.74) is 3.11. The molecule has 0 saturated heterocycles. The molecule has 3 heterocycles. The predicted octanol–water partition coefficient (Wildman–Crippen LogP) is 1.34. The minimum Gasteiger partial charge on any atom is -0.380 e. The van der Waals surface area contributed by atoms with Gasteiger partial charge in [0.2, 0.25) is 0 Å². The molecule has 0 fully saturated rings. The molecule has 3 N–H and O–H groups in total. The van der Waals surface area contributed by atoms with Crippen LogP contribution >= 0.6 is 11.3 Å². The number of amides is 2. The molecule has 2 unspecified atom stereocenters. The molecule has 2 aromatic rings. The minimum atomic E-state index is -1.83. The van der Waals surface area contributed by atoms with Crippen LogP contribution < -0.4 is 5.32 Å². The van der Waals surface area contributed by atoms with E-state index in [0.717, 1.165) is 21.6 Å². The largest absolute Gasteiger partial charge is 0.380 e. The number of aliphatic imine (C=N–C) groups is 1. The summed E-state index contributed by atoms with van der Waals surface area (Å²) in [6.07, 6.45) is 6.50. The molecule has 1 aromatic heterocycles. The molecule has 2 aliphatic heterocycles.